The SMILES string of the molecule is CC(C)(Sc1ccc2ncoc2c1)C(=O)O. The normalized spacial score (nSPS) is 11.9. The summed E-state index contributed by atoms with van der Waals surface area (Å²) < 4.78 is 4.31. The maximum atomic E-state index is 11.0. The van der Waals surface area contributed by atoms with E-state index in [2.05, 4.69) is 4.98 Å². The molecule has 1 N–H and O–H groups in total. The highest BCUT2D eigenvalue weighted by Crippen LogP contribution is 2.33. The van der Waals surface area contributed by atoms with E-state index in [1.54, 1.807) is 19.9 Å². The van der Waals surface area contributed by atoms with Gasteiger partial charge in [-0.25, -0.2) is 4.98 Å². The first-order chi connectivity index (χ1) is 7.49. The van der Waals surface area contributed by atoms with Gasteiger partial charge in [0, 0.05) is 4.90 Å². The Kier molecular flexibility index (Phi) is 2.63. The molecule has 0 radical (unpaired) electrons. The number of benzene rings is 1. The topological polar surface area (TPSA) is 63.3 Å². The summed E-state index contributed by atoms with van der Waals surface area (Å²) in [5.41, 5.74) is 1.45. The number of aliphatic carboxylic acids is 1. The molecule has 0 unspecified atom stereocenters. The molecule has 0 aliphatic carbocycles. The lowest BCUT2D eigenvalue weighted by atomic mass is 10.2. The summed E-state index contributed by atoms with van der Waals surface area (Å²) in [4.78, 5) is 15.8. The maximum Gasteiger partial charge on any atom is 0.319 e. The summed E-state index contributed by atoms with van der Waals surface area (Å²) in [6, 6.07) is 5.47. The van der Waals surface area contributed by atoms with Gasteiger partial charge >= 0.3 is 5.97 Å². The van der Waals surface area contributed by atoms with Gasteiger partial charge in [0.05, 0.1) is 0 Å². The second kappa shape index (κ2) is 3.83. The van der Waals surface area contributed by atoms with Gasteiger partial charge in [0.25, 0.3) is 0 Å². The van der Waals surface area contributed by atoms with Gasteiger partial charge in [-0.15, -0.1) is 11.8 Å². The molecule has 84 valence electrons. The Morgan fingerprint density at radius 3 is 2.94 bits per heavy atom. The van der Waals surface area contributed by atoms with Crippen LogP contribution < -0.4 is 0 Å². The number of rotatable bonds is 3. The predicted molar refractivity (Wildman–Crippen MR) is 61.6 cm³/mol. The van der Waals surface area contributed by atoms with Crippen molar-refractivity contribution in [2.24, 2.45) is 0 Å². The largest absolute Gasteiger partial charge is 0.480 e. The number of carboxylic acids is 1. The highest BCUT2D eigenvalue weighted by molar-refractivity contribution is 8.01. The standard InChI is InChI=1S/C11H11NO3S/c1-11(2,10(13)14)16-7-3-4-8-9(5-7)15-6-12-8/h3-6H,1-2H3,(H,13,14). The van der Waals surface area contributed by atoms with E-state index in [9.17, 15) is 4.79 Å². The van der Waals surface area contributed by atoms with E-state index in [1.165, 1.54) is 18.2 Å². The van der Waals surface area contributed by atoms with Gasteiger partial charge in [-0.1, -0.05) is 0 Å². The van der Waals surface area contributed by atoms with E-state index in [-0.39, 0.29) is 0 Å². The minimum atomic E-state index is -0.853. The molecular weight excluding hydrogens is 226 g/mol. The molecule has 0 aliphatic rings. The van der Waals surface area contributed by atoms with Crippen molar-refractivity contribution in [1.29, 1.82) is 0 Å². The van der Waals surface area contributed by atoms with Gasteiger partial charge in [-0.3, -0.25) is 4.79 Å². The summed E-state index contributed by atoms with van der Waals surface area (Å²) in [6.45, 7) is 3.34. The van der Waals surface area contributed by atoms with Crippen LogP contribution in [-0.4, -0.2) is 20.8 Å². The monoisotopic (exact) mass is 237 g/mol. The van der Waals surface area contributed by atoms with Crippen LogP contribution in [0.4, 0.5) is 0 Å². The molecule has 0 saturated carbocycles. The molecular formula is C11H11NO3S. The van der Waals surface area contributed by atoms with Crippen LogP contribution in [0.25, 0.3) is 11.1 Å². The molecule has 0 amide bonds. The summed E-state index contributed by atoms with van der Waals surface area (Å²) in [5, 5.41) is 9.02. The first-order valence-electron chi connectivity index (χ1n) is 4.75. The Morgan fingerprint density at radius 2 is 2.25 bits per heavy atom. The van der Waals surface area contributed by atoms with Gasteiger partial charge in [0.2, 0.25) is 0 Å². The molecule has 2 aromatic rings. The lowest BCUT2D eigenvalue weighted by molar-refractivity contribution is -0.138. The van der Waals surface area contributed by atoms with Crippen molar-refractivity contribution in [3.8, 4) is 0 Å². The van der Waals surface area contributed by atoms with Crippen molar-refractivity contribution >= 4 is 28.8 Å². The molecule has 0 aliphatic heterocycles. The van der Waals surface area contributed by atoms with Crippen LogP contribution in [0.1, 0.15) is 13.8 Å². The van der Waals surface area contributed by atoms with Crippen LogP contribution in [0.2, 0.25) is 0 Å². The molecule has 0 fully saturated rings. The number of oxazole rings is 1. The minimum absolute atomic E-state index is 0.672. The number of fused-ring (bicyclic) bond motifs is 1. The Hall–Kier alpha value is -1.49. The summed E-state index contributed by atoms with van der Waals surface area (Å²) in [5.74, 6) is -0.838. The van der Waals surface area contributed by atoms with Crippen LogP contribution in [0.5, 0.6) is 0 Å². The van der Waals surface area contributed by atoms with Gasteiger partial charge < -0.3 is 9.52 Å². The van der Waals surface area contributed by atoms with E-state index in [0.29, 0.717) is 5.58 Å². The molecule has 5 heteroatoms. The van der Waals surface area contributed by atoms with Gasteiger partial charge in [-0.05, 0) is 32.0 Å². The molecule has 4 nitrogen and oxygen atoms in total. The van der Waals surface area contributed by atoms with Gasteiger partial charge in [-0.2, -0.15) is 0 Å². The van der Waals surface area contributed by atoms with E-state index in [4.69, 9.17) is 9.52 Å². The van der Waals surface area contributed by atoms with Crippen LogP contribution in [-0.2, 0) is 4.79 Å². The highest BCUT2D eigenvalue weighted by atomic mass is 32.2. The quantitative estimate of drug-likeness (QED) is 0.831. The first-order valence-corrected chi connectivity index (χ1v) is 5.56. The zero-order valence-electron chi connectivity index (χ0n) is 8.93. The third kappa shape index (κ3) is 2.04. The van der Waals surface area contributed by atoms with Crippen molar-refractivity contribution in [3.63, 3.8) is 0 Å². The van der Waals surface area contributed by atoms with Crippen molar-refractivity contribution in [2.75, 3.05) is 0 Å². The van der Waals surface area contributed by atoms with Gasteiger partial charge in [0.15, 0.2) is 12.0 Å². The average molecular weight is 237 g/mol. The van der Waals surface area contributed by atoms with Crippen molar-refractivity contribution < 1.29 is 14.3 Å². The Balaban J connectivity index is 2.30. The molecule has 1 aromatic carbocycles. The van der Waals surface area contributed by atoms with Crippen LogP contribution in [0, 0.1) is 0 Å². The lowest BCUT2D eigenvalue weighted by Crippen LogP contribution is -2.26. The fourth-order valence-corrected chi connectivity index (χ4v) is 2.22. The molecule has 0 atom stereocenters. The van der Waals surface area contributed by atoms with E-state index in [1.807, 2.05) is 12.1 Å². The number of aromatic nitrogens is 1. The molecule has 0 saturated heterocycles. The Morgan fingerprint density at radius 1 is 1.50 bits per heavy atom. The predicted octanol–water partition coefficient (Wildman–Crippen LogP) is 2.78. The van der Waals surface area contributed by atoms with Crippen molar-refractivity contribution in [3.05, 3.63) is 24.6 Å². The van der Waals surface area contributed by atoms with Crippen LogP contribution in [0.3, 0.4) is 0 Å². The molecule has 0 spiro atoms. The van der Waals surface area contributed by atoms with E-state index in [0.717, 1.165) is 10.4 Å². The van der Waals surface area contributed by atoms with Crippen LogP contribution in [0.15, 0.2) is 33.9 Å². The third-order valence-corrected chi connectivity index (χ3v) is 3.37. The number of nitrogens with zero attached hydrogens (tertiary/aromatic N) is 1. The minimum Gasteiger partial charge on any atom is -0.480 e. The Labute approximate surface area is 96.7 Å². The fraction of sp³-hybridized carbons (Fsp3) is 0.273. The lowest BCUT2D eigenvalue weighted by Gasteiger charge is -2.17. The molecule has 1 heterocycles. The van der Waals surface area contributed by atoms with Gasteiger partial charge in [0.1, 0.15) is 10.3 Å². The summed E-state index contributed by atoms with van der Waals surface area (Å²) in [6.07, 6.45) is 1.38. The summed E-state index contributed by atoms with van der Waals surface area (Å²) >= 11 is 1.28. The van der Waals surface area contributed by atoms with Crippen molar-refractivity contribution in [2.45, 2.75) is 23.5 Å². The zero-order chi connectivity index (χ0) is 11.8. The summed E-state index contributed by atoms with van der Waals surface area (Å²) in [7, 11) is 0. The number of carbonyl (C=O) groups is 1. The van der Waals surface area contributed by atoms with Crippen LogP contribution >= 0.6 is 11.8 Å². The Bertz CT molecular complexity index is 533. The second-order valence-electron chi connectivity index (χ2n) is 3.90. The maximum absolute atomic E-state index is 11.0. The zero-order valence-corrected chi connectivity index (χ0v) is 9.75. The number of carboxylic acid groups (broad SMARTS) is 1. The molecule has 16 heavy (non-hydrogen) atoms. The smallest absolute Gasteiger partial charge is 0.319 e. The number of thioether (sulfide) groups is 1. The fourth-order valence-electron chi connectivity index (χ4n) is 1.24. The van der Waals surface area contributed by atoms with E-state index >= 15 is 0 Å². The molecule has 1 aromatic heterocycles. The number of hydrogen-bond acceptors (Lipinski definition) is 4. The molecule has 0 bridgehead atoms. The number of hydrogen-bond donors (Lipinski definition) is 1. The van der Waals surface area contributed by atoms with Crippen molar-refractivity contribution in [1.82, 2.24) is 4.98 Å². The second-order valence-corrected chi connectivity index (χ2v) is 5.60. The highest BCUT2D eigenvalue weighted by Gasteiger charge is 2.28. The molecule has 2 rings (SSSR count). The average Bonchev–Trinajstić information content (AvgIpc) is 2.63. The van der Waals surface area contributed by atoms with E-state index < -0.39 is 10.7 Å². The first kappa shape index (κ1) is 11.0. The third-order valence-electron chi connectivity index (χ3n) is 2.19.